The van der Waals surface area contributed by atoms with Crippen LogP contribution in [0.2, 0.25) is 0 Å². The van der Waals surface area contributed by atoms with Crippen molar-refractivity contribution >= 4 is 23.3 Å². The van der Waals surface area contributed by atoms with Crippen LogP contribution in [0.3, 0.4) is 0 Å². The summed E-state index contributed by atoms with van der Waals surface area (Å²) < 4.78 is 14.4. The highest BCUT2D eigenvalue weighted by atomic mass is 19.1. The highest BCUT2D eigenvalue weighted by Crippen LogP contribution is 2.26. The second-order valence-corrected chi connectivity index (χ2v) is 5.56. The highest BCUT2D eigenvalue weighted by Gasteiger charge is 2.31. The molecule has 0 unspecified atom stereocenters. The summed E-state index contributed by atoms with van der Waals surface area (Å²) in [5.41, 5.74) is 0.0686. The van der Waals surface area contributed by atoms with E-state index in [9.17, 15) is 18.8 Å². The third-order valence-corrected chi connectivity index (χ3v) is 3.89. The summed E-state index contributed by atoms with van der Waals surface area (Å²) in [7, 11) is 0. The zero-order valence-electron chi connectivity index (χ0n) is 13.6. The number of ketones is 1. The van der Waals surface area contributed by atoms with Crippen LogP contribution in [0.15, 0.2) is 60.3 Å². The summed E-state index contributed by atoms with van der Waals surface area (Å²) in [6, 6.07) is 12.3. The molecule has 2 amide bonds. The predicted molar refractivity (Wildman–Crippen MR) is 91.8 cm³/mol. The number of amides is 2. The number of halogens is 1. The Morgan fingerprint density at radius 1 is 1.08 bits per heavy atom. The van der Waals surface area contributed by atoms with Gasteiger partial charge in [-0.2, -0.15) is 0 Å². The molecule has 0 fully saturated rings. The Morgan fingerprint density at radius 3 is 2.50 bits per heavy atom. The molecule has 0 saturated heterocycles. The van der Waals surface area contributed by atoms with E-state index in [1.54, 1.807) is 30.3 Å². The third kappa shape index (κ3) is 3.25. The number of hydrogen-bond acceptors (Lipinski definition) is 5. The zero-order chi connectivity index (χ0) is 18.7. The van der Waals surface area contributed by atoms with Gasteiger partial charge in [0.25, 0.3) is 11.8 Å². The highest BCUT2D eigenvalue weighted by molar-refractivity contribution is 6.18. The average Bonchev–Trinajstić information content (AvgIpc) is 2.91. The van der Waals surface area contributed by atoms with Crippen LogP contribution in [0.25, 0.3) is 0 Å². The minimum Gasteiger partial charge on any atom is -0.395 e. The molecule has 1 aliphatic rings. The summed E-state index contributed by atoms with van der Waals surface area (Å²) in [4.78, 5) is 37.6. The molecule has 6 nitrogen and oxygen atoms in total. The molecule has 1 heterocycles. The summed E-state index contributed by atoms with van der Waals surface area (Å²) >= 11 is 0. The standard InChI is InChI=1S/C19H15FN2O4/c20-14-8-4-7-13(18(25)12-5-2-1-3-6-12)17(14)21-15-11-16(24)22(9-10-23)19(15)26/h1-8,11,21,23H,9-10H2. The van der Waals surface area contributed by atoms with E-state index in [0.29, 0.717) is 5.56 Å². The first-order valence-corrected chi connectivity index (χ1v) is 7.86. The van der Waals surface area contributed by atoms with Crippen molar-refractivity contribution in [2.75, 3.05) is 18.5 Å². The van der Waals surface area contributed by atoms with Crippen molar-refractivity contribution in [3.8, 4) is 0 Å². The summed E-state index contributed by atoms with van der Waals surface area (Å²) in [5, 5.41) is 11.5. The van der Waals surface area contributed by atoms with Crippen LogP contribution in [0, 0.1) is 5.82 Å². The fourth-order valence-electron chi connectivity index (χ4n) is 2.63. The molecule has 132 valence electrons. The van der Waals surface area contributed by atoms with Gasteiger partial charge in [0.1, 0.15) is 11.5 Å². The van der Waals surface area contributed by atoms with Crippen molar-refractivity contribution in [3.05, 3.63) is 77.2 Å². The molecule has 0 aromatic heterocycles. The molecular formula is C19H15FN2O4. The number of anilines is 1. The van der Waals surface area contributed by atoms with E-state index in [4.69, 9.17) is 5.11 Å². The quantitative estimate of drug-likeness (QED) is 0.609. The molecule has 0 aliphatic carbocycles. The van der Waals surface area contributed by atoms with Gasteiger partial charge in [-0.3, -0.25) is 19.3 Å². The Hall–Kier alpha value is -3.32. The zero-order valence-corrected chi connectivity index (χ0v) is 13.6. The van der Waals surface area contributed by atoms with Crippen molar-refractivity contribution in [1.29, 1.82) is 0 Å². The lowest BCUT2D eigenvalue weighted by atomic mass is 10.0. The van der Waals surface area contributed by atoms with Gasteiger partial charge in [-0.15, -0.1) is 0 Å². The molecule has 2 aromatic carbocycles. The van der Waals surface area contributed by atoms with E-state index in [-0.39, 0.29) is 30.1 Å². The van der Waals surface area contributed by atoms with Gasteiger partial charge < -0.3 is 10.4 Å². The van der Waals surface area contributed by atoms with E-state index in [2.05, 4.69) is 5.32 Å². The maximum atomic E-state index is 14.4. The number of benzene rings is 2. The molecule has 2 aromatic rings. The monoisotopic (exact) mass is 354 g/mol. The third-order valence-electron chi connectivity index (χ3n) is 3.89. The second-order valence-electron chi connectivity index (χ2n) is 5.56. The Balaban J connectivity index is 1.94. The molecule has 0 saturated carbocycles. The van der Waals surface area contributed by atoms with Crippen LogP contribution in [0.1, 0.15) is 15.9 Å². The second kappa shape index (κ2) is 7.28. The number of carbonyl (C=O) groups is 3. The molecule has 0 bridgehead atoms. The largest absolute Gasteiger partial charge is 0.395 e. The lowest BCUT2D eigenvalue weighted by molar-refractivity contribution is -0.137. The number of hydrogen-bond donors (Lipinski definition) is 2. The van der Waals surface area contributed by atoms with Gasteiger partial charge >= 0.3 is 0 Å². The Morgan fingerprint density at radius 2 is 1.81 bits per heavy atom. The lowest BCUT2D eigenvalue weighted by Gasteiger charge is -2.15. The van der Waals surface area contributed by atoms with Gasteiger partial charge in [0.15, 0.2) is 5.78 Å². The average molecular weight is 354 g/mol. The van der Waals surface area contributed by atoms with Crippen LogP contribution < -0.4 is 5.32 Å². The van der Waals surface area contributed by atoms with Crippen LogP contribution in [-0.4, -0.2) is 40.8 Å². The van der Waals surface area contributed by atoms with E-state index in [1.165, 1.54) is 12.1 Å². The molecule has 7 heteroatoms. The first-order valence-electron chi connectivity index (χ1n) is 7.86. The van der Waals surface area contributed by atoms with Crippen LogP contribution in [0.5, 0.6) is 0 Å². The number of aliphatic hydroxyl groups is 1. The number of imide groups is 1. The Kier molecular flexibility index (Phi) is 4.90. The first kappa shape index (κ1) is 17.5. The van der Waals surface area contributed by atoms with Gasteiger partial charge in [-0.1, -0.05) is 36.4 Å². The maximum absolute atomic E-state index is 14.4. The van der Waals surface area contributed by atoms with Crippen LogP contribution in [0.4, 0.5) is 10.1 Å². The Labute approximate surface area is 148 Å². The van der Waals surface area contributed by atoms with Crippen molar-refractivity contribution in [2.24, 2.45) is 0 Å². The SMILES string of the molecule is O=C(c1ccccc1)c1cccc(F)c1NC1=CC(=O)N(CCO)C1=O. The minimum absolute atomic E-state index is 0.0398. The molecule has 1 aliphatic heterocycles. The summed E-state index contributed by atoms with van der Waals surface area (Å²) in [6.45, 7) is -0.539. The first-order chi connectivity index (χ1) is 12.5. The number of para-hydroxylation sites is 1. The number of nitrogens with one attached hydrogen (secondary N) is 1. The molecule has 0 atom stereocenters. The van der Waals surface area contributed by atoms with Gasteiger partial charge in [-0.25, -0.2) is 4.39 Å². The molecule has 0 spiro atoms. The minimum atomic E-state index is -0.728. The number of rotatable bonds is 6. The van der Waals surface area contributed by atoms with E-state index in [1.807, 2.05) is 0 Å². The van der Waals surface area contributed by atoms with Gasteiger partial charge in [0, 0.05) is 17.2 Å². The number of β-amino-alcohol motifs (C(OH)–C–C–N with tert-alkyl or cyclic N) is 1. The van der Waals surface area contributed by atoms with Crippen LogP contribution >= 0.6 is 0 Å². The normalized spacial score (nSPS) is 13.8. The fraction of sp³-hybridized carbons (Fsp3) is 0.105. The van der Waals surface area contributed by atoms with Crippen LogP contribution in [-0.2, 0) is 9.59 Å². The van der Waals surface area contributed by atoms with E-state index >= 15 is 0 Å². The lowest BCUT2D eigenvalue weighted by Crippen LogP contribution is -2.34. The predicted octanol–water partition coefficient (Wildman–Crippen LogP) is 1.71. The Bertz CT molecular complexity index is 909. The fourth-order valence-corrected chi connectivity index (χ4v) is 2.63. The number of nitrogens with zero attached hydrogens (tertiary/aromatic N) is 1. The molecule has 26 heavy (non-hydrogen) atoms. The van der Waals surface area contributed by atoms with Crippen molar-refractivity contribution < 1.29 is 23.9 Å². The summed E-state index contributed by atoms with van der Waals surface area (Å²) in [5.74, 6) is -2.45. The number of aliphatic hydroxyl groups excluding tert-OH is 1. The molecule has 0 radical (unpaired) electrons. The van der Waals surface area contributed by atoms with E-state index in [0.717, 1.165) is 17.0 Å². The van der Waals surface area contributed by atoms with Crippen molar-refractivity contribution in [1.82, 2.24) is 4.90 Å². The smallest absolute Gasteiger partial charge is 0.277 e. The number of carbonyl (C=O) groups excluding carboxylic acids is 3. The molecular weight excluding hydrogens is 339 g/mol. The maximum Gasteiger partial charge on any atom is 0.277 e. The molecule has 3 rings (SSSR count). The van der Waals surface area contributed by atoms with Gasteiger partial charge in [0.2, 0.25) is 0 Å². The van der Waals surface area contributed by atoms with Crippen molar-refractivity contribution in [2.45, 2.75) is 0 Å². The summed E-state index contributed by atoms with van der Waals surface area (Å²) in [6.07, 6.45) is 1.02. The van der Waals surface area contributed by atoms with Gasteiger partial charge in [0.05, 0.1) is 18.8 Å². The van der Waals surface area contributed by atoms with E-state index < -0.39 is 23.4 Å². The van der Waals surface area contributed by atoms with Crippen molar-refractivity contribution in [3.63, 3.8) is 0 Å². The topological polar surface area (TPSA) is 86.7 Å². The molecule has 2 N–H and O–H groups in total. The van der Waals surface area contributed by atoms with Gasteiger partial charge in [-0.05, 0) is 12.1 Å².